The lowest BCUT2D eigenvalue weighted by Crippen LogP contribution is -2.33. The van der Waals surface area contributed by atoms with Crippen molar-refractivity contribution in [2.75, 3.05) is 6.54 Å². The Morgan fingerprint density at radius 2 is 1.97 bits per heavy atom. The molecule has 0 spiro atoms. The van der Waals surface area contributed by atoms with E-state index in [-0.39, 0.29) is 0 Å². The highest BCUT2D eigenvalue weighted by Gasteiger charge is 2.38. The fraction of sp³-hybridized carbons (Fsp3) is 0.417. The van der Waals surface area contributed by atoms with Gasteiger partial charge in [-0.1, -0.05) is 41.8 Å². The van der Waals surface area contributed by atoms with E-state index in [0.717, 1.165) is 23.3 Å². The average Bonchev–Trinajstić information content (AvgIpc) is 3.23. The maximum atomic E-state index is 10.6. The minimum atomic E-state index is -5.08. The molecule has 1 aliphatic heterocycles. The predicted octanol–water partition coefficient (Wildman–Crippen LogP) is 6.55. The summed E-state index contributed by atoms with van der Waals surface area (Å²) in [6, 6.07) is 12.2. The molecule has 0 radical (unpaired) electrons. The second-order valence-corrected chi connectivity index (χ2v) is 9.05. The summed E-state index contributed by atoms with van der Waals surface area (Å²) in [6.07, 6.45) is 2.34. The highest BCUT2D eigenvalue weighted by molar-refractivity contribution is 6.35. The van der Waals surface area contributed by atoms with Gasteiger partial charge in [0, 0.05) is 11.1 Å². The van der Waals surface area contributed by atoms with Crippen molar-refractivity contribution in [3.8, 4) is 5.75 Å². The maximum Gasteiger partial charge on any atom is 0.490 e. The molecule has 0 bridgehead atoms. The number of aliphatic carboxylic acids is 1. The minimum Gasteiger partial charge on any atom is -0.484 e. The summed E-state index contributed by atoms with van der Waals surface area (Å²) in [5.74, 6) is -1.36. The van der Waals surface area contributed by atoms with Crippen LogP contribution in [0.1, 0.15) is 43.5 Å². The first-order valence-electron chi connectivity index (χ1n) is 11.2. The molecule has 0 aliphatic carbocycles. The molecule has 6 nitrogen and oxygen atoms in total. The normalized spacial score (nSPS) is 16.0. The predicted molar refractivity (Wildman–Crippen MR) is 129 cm³/mol. The van der Waals surface area contributed by atoms with E-state index in [2.05, 4.69) is 28.5 Å². The topological polar surface area (TPSA) is 87.2 Å². The summed E-state index contributed by atoms with van der Waals surface area (Å²) in [6.45, 7) is 1.50. The summed E-state index contributed by atoms with van der Waals surface area (Å²) in [4.78, 5) is 17.0. The molecule has 1 saturated heterocycles. The molecule has 2 heterocycles. The number of halogens is 5. The Morgan fingerprint density at radius 1 is 1.20 bits per heavy atom. The van der Waals surface area contributed by atoms with E-state index in [4.69, 9.17) is 42.8 Å². The third-order valence-electron chi connectivity index (χ3n) is 5.56. The number of carboxylic acids is 1. The number of rotatable bonds is 7. The molecule has 4 rings (SSSR count). The van der Waals surface area contributed by atoms with Crippen molar-refractivity contribution in [1.29, 1.82) is 0 Å². The van der Waals surface area contributed by atoms with E-state index >= 15 is 0 Å². The second kappa shape index (κ2) is 12.5. The molecule has 1 fully saturated rings. The summed E-state index contributed by atoms with van der Waals surface area (Å²) in [7, 11) is 0. The molecule has 190 valence electrons. The number of imidazole rings is 1. The van der Waals surface area contributed by atoms with E-state index in [1.54, 1.807) is 18.2 Å². The number of fused-ring (bicyclic) bond motifs is 1. The van der Waals surface area contributed by atoms with E-state index in [1.807, 2.05) is 0 Å². The Hall–Kier alpha value is -2.49. The highest BCUT2D eigenvalue weighted by atomic mass is 35.5. The van der Waals surface area contributed by atoms with Crippen molar-refractivity contribution in [2.45, 2.75) is 57.3 Å². The molecule has 1 aliphatic rings. The molecule has 1 aromatic heterocycles. The van der Waals surface area contributed by atoms with Gasteiger partial charge in [-0.3, -0.25) is 0 Å². The summed E-state index contributed by atoms with van der Waals surface area (Å²) >= 11 is 12.1. The van der Waals surface area contributed by atoms with Gasteiger partial charge in [0.25, 0.3) is 0 Å². The molecule has 3 aromatic rings. The van der Waals surface area contributed by atoms with Crippen LogP contribution in [0.25, 0.3) is 11.0 Å². The number of nitrogens with zero attached hydrogens (tertiary/aromatic N) is 1. The zero-order chi connectivity index (χ0) is 25.4. The van der Waals surface area contributed by atoms with Gasteiger partial charge in [-0.05, 0) is 68.5 Å². The second-order valence-electron chi connectivity index (χ2n) is 8.20. The summed E-state index contributed by atoms with van der Waals surface area (Å²) in [5.41, 5.74) is 3.38. The van der Waals surface area contributed by atoms with Gasteiger partial charge in [0.15, 0.2) is 0 Å². The standard InChI is InChI=1S/C22H25Cl2N3O.C2HF3O2/c23-16-10-11-20(18(24)13-16)28-14-21-26-19-9-4-6-15(22(19)27-21)5-3-8-17-7-1-2-12-25-17;3-2(4,5)1(6)7/h4,6,9-11,13,17,25H,1-3,5,7-8,12,14H2,(H,26,27);(H,6,7). The van der Waals surface area contributed by atoms with Crippen LogP contribution in [0.2, 0.25) is 10.0 Å². The Morgan fingerprint density at radius 3 is 2.63 bits per heavy atom. The maximum absolute atomic E-state index is 10.6. The third kappa shape index (κ3) is 8.30. The van der Waals surface area contributed by atoms with Crippen LogP contribution >= 0.6 is 23.2 Å². The van der Waals surface area contributed by atoms with Gasteiger partial charge in [-0.2, -0.15) is 13.2 Å². The quantitative estimate of drug-likeness (QED) is 0.322. The van der Waals surface area contributed by atoms with Crippen molar-refractivity contribution in [3.05, 3.63) is 57.8 Å². The number of para-hydroxylation sites is 1. The first kappa shape index (κ1) is 27.1. The number of H-pyrrole nitrogens is 1. The number of benzene rings is 2. The summed E-state index contributed by atoms with van der Waals surface area (Å²) in [5, 5.41) is 11.8. The van der Waals surface area contributed by atoms with Gasteiger partial charge < -0.3 is 20.1 Å². The van der Waals surface area contributed by atoms with Crippen LogP contribution in [0.15, 0.2) is 36.4 Å². The summed E-state index contributed by atoms with van der Waals surface area (Å²) < 4.78 is 37.6. The molecule has 35 heavy (non-hydrogen) atoms. The van der Waals surface area contributed by atoms with Crippen LogP contribution in [0.4, 0.5) is 13.2 Å². The number of aryl methyl sites for hydroxylation is 1. The lowest BCUT2D eigenvalue weighted by Gasteiger charge is -2.23. The van der Waals surface area contributed by atoms with Crippen LogP contribution < -0.4 is 10.1 Å². The van der Waals surface area contributed by atoms with Crippen molar-refractivity contribution in [3.63, 3.8) is 0 Å². The molecule has 2 aromatic carbocycles. The van der Waals surface area contributed by atoms with Gasteiger partial charge in [0.2, 0.25) is 0 Å². The molecular weight excluding hydrogens is 506 g/mol. The lowest BCUT2D eigenvalue weighted by molar-refractivity contribution is -0.192. The molecule has 3 N–H and O–H groups in total. The Kier molecular flexibility index (Phi) is 9.65. The number of ether oxygens (including phenoxy) is 1. The molecule has 11 heteroatoms. The fourth-order valence-electron chi connectivity index (χ4n) is 3.86. The number of aromatic amines is 1. The molecule has 1 unspecified atom stereocenters. The number of piperidine rings is 1. The van der Waals surface area contributed by atoms with Gasteiger partial charge in [0.1, 0.15) is 18.2 Å². The van der Waals surface area contributed by atoms with Crippen LogP contribution in [0.3, 0.4) is 0 Å². The fourth-order valence-corrected chi connectivity index (χ4v) is 4.32. The van der Waals surface area contributed by atoms with Gasteiger partial charge in [0.05, 0.1) is 16.1 Å². The van der Waals surface area contributed by atoms with E-state index < -0.39 is 12.1 Å². The van der Waals surface area contributed by atoms with E-state index in [1.165, 1.54) is 44.2 Å². The number of hydrogen-bond acceptors (Lipinski definition) is 4. The molecular formula is C24H26Cl2F3N3O3. The minimum absolute atomic E-state index is 0.335. The molecule has 0 saturated carbocycles. The zero-order valence-corrected chi connectivity index (χ0v) is 20.3. The Labute approximate surface area is 210 Å². The average molecular weight is 532 g/mol. The monoisotopic (exact) mass is 531 g/mol. The van der Waals surface area contributed by atoms with Crippen LogP contribution in [-0.2, 0) is 17.8 Å². The van der Waals surface area contributed by atoms with Crippen molar-refractivity contribution >= 4 is 40.2 Å². The lowest BCUT2D eigenvalue weighted by atomic mass is 9.98. The van der Waals surface area contributed by atoms with Crippen molar-refractivity contribution in [2.24, 2.45) is 0 Å². The number of hydrogen-bond donors (Lipinski definition) is 3. The first-order chi connectivity index (χ1) is 16.6. The van der Waals surface area contributed by atoms with Gasteiger partial charge >= 0.3 is 12.1 Å². The van der Waals surface area contributed by atoms with Crippen LogP contribution in [-0.4, -0.2) is 39.8 Å². The number of nitrogens with one attached hydrogen (secondary N) is 2. The molecule has 0 amide bonds. The van der Waals surface area contributed by atoms with Crippen molar-refractivity contribution < 1.29 is 27.8 Å². The molecule has 1 atom stereocenters. The van der Waals surface area contributed by atoms with Gasteiger partial charge in [-0.25, -0.2) is 9.78 Å². The Balaban J connectivity index is 0.000000429. The zero-order valence-electron chi connectivity index (χ0n) is 18.8. The van der Waals surface area contributed by atoms with Crippen LogP contribution in [0.5, 0.6) is 5.75 Å². The third-order valence-corrected chi connectivity index (χ3v) is 6.09. The number of carbonyl (C=O) groups is 1. The van der Waals surface area contributed by atoms with E-state index in [0.29, 0.717) is 28.4 Å². The number of carboxylic acid groups (broad SMARTS) is 1. The number of aromatic nitrogens is 2. The SMILES string of the molecule is Clc1ccc(OCc2nc3c(CCCC4CCCCN4)cccc3[nH]2)c(Cl)c1.O=C(O)C(F)(F)F. The van der Waals surface area contributed by atoms with Gasteiger partial charge in [-0.15, -0.1) is 0 Å². The number of alkyl halides is 3. The highest BCUT2D eigenvalue weighted by Crippen LogP contribution is 2.28. The first-order valence-corrected chi connectivity index (χ1v) is 12.0. The largest absolute Gasteiger partial charge is 0.490 e. The van der Waals surface area contributed by atoms with Crippen LogP contribution in [0, 0.1) is 0 Å². The van der Waals surface area contributed by atoms with Crippen molar-refractivity contribution in [1.82, 2.24) is 15.3 Å². The van der Waals surface area contributed by atoms with E-state index in [9.17, 15) is 13.2 Å². The smallest absolute Gasteiger partial charge is 0.484 e. The Bertz CT molecular complexity index is 1130.